The van der Waals surface area contributed by atoms with Crippen molar-refractivity contribution in [1.29, 1.82) is 0 Å². The highest BCUT2D eigenvalue weighted by Crippen LogP contribution is 2.29. The van der Waals surface area contributed by atoms with E-state index in [2.05, 4.69) is 11.7 Å². The highest BCUT2D eigenvalue weighted by atomic mass is 16.6. The van der Waals surface area contributed by atoms with Crippen molar-refractivity contribution in [2.75, 3.05) is 7.11 Å². The van der Waals surface area contributed by atoms with Gasteiger partial charge >= 0.3 is 11.6 Å². The predicted molar refractivity (Wildman–Crippen MR) is 87.9 cm³/mol. The van der Waals surface area contributed by atoms with Crippen molar-refractivity contribution < 1.29 is 18.7 Å². The molecule has 1 aromatic heterocycles. The van der Waals surface area contributed by atoms with E-state index < -0.39 is 12.1 Å². The molecule has 5 nitrogen and oxygen atoms in total. The summed E-state index contributed by atoms with van der Waals surface area (Å²) in [6.07, 6.45) is 2.16. The topological polar surface area (TPSA) is 65.7 Å². The molecule has 0 aliphatic heterocycles. The molecule has 1 aromatic carbocycles. The zero-order chi connectivity index (χ0) is 17.0. The zero-order valence-electron chi connectivity index (χ0n) is 14.0. The fourth-order valence-electron chi connectivity index (χ4n) is 2.51. The Morgan fingerprint density at radius 3 is 2.74 bits per heavy atom. The van der Waals surface area contributed by atoms with Gasteiger partial charge in [-0.15, -0.1) is 0 Å². The van der Waals surface area contributed by atoms with Crippen LogP contribution in [0.4, 0.5) is 0 Å². The number of carbonyl (C=O) groups excluding carboxylic acids is 1. The van der Waals surface area contributed by atoms with Crippen LogP contribution in [-0.4, -0.2) is 19.2 Å². The van der Waals surface area contributed by atoms with Gasteiger partial charge in [-0.3, -0.25) is 0 Å². The van der Waals surface area contributed by atoms with Gasteiger partial charge in [-0.05, 0) is 44.4 Å². The van der Waals surface area contributed by atoms with Gasteiger partial charge in [0, 0.05) is 17.0 Å². The Bertz CT molecular complexity index is 760. The summed E-state index contributed by atoms with van der Waals surface area (Å²) in [5.74, 6) is 0.0498. The lowest BCUT2D eigenvalue weighted by Crippen LogP contribution is -2.25. The molecule has 0 unspecified atom stereocenters. The Kier molecular flexibility index (Phi) is 5.42. The summed E-state index contributed by atoms with van der Waals surface area (Å²) >= 11 is 0. The van der Waals surface area contributed by atoms with Gasteiger partial charge in [-0.25, -0.2) is 9.59 Å². The van der Waals surface area contributed by atoms with Gasteiger partial charge in [0.2, 0.25) is 0 Å². The smallest absolute Gasteiger partial charge is 0.346 e. The molecule has 0 bridgehead atoms. The minimum absolute atomic E-state index is 0.370. The van der Waals surface area contributed by atoms with Gasteiger partial charge in [-0.2, -0.15) is 0 Å². The average molecular weight is 318 g/mol. The van der Waals surface area contributed by atoms with Crippen LogP contribution in [0.2, 0.25) is 0 Å². The van der Waals surface area contributed by atoms with Crippen LogP contribution in [0.1, 0.15) is 37.8 Å². The number of ether oxygens (including phenoxy) is 2. The van der Waals surface area contributed by atoms with E-state index >= 15 is 0 Å². The summed E-state index contributed by atoms with van der Waals surface area (Å²) in [6.45, 7) is 5.54. The number of hydrogen-bond donors (Lipinski definition) is 0. The largest absolute Gasteiger partial charge is 0.479 e. The second kappa shape index (κ2) is 7.31. The lowest BCUT2D eigenvalue weighted by molar-refractivity contribution is -0.147. The quantitative estimate of drug-likeness (QED) is 0.603. The molecule has 0 N–H and O–H groups in total. The monoisotopic (exact) mass is 318 g/mol. The van der Waals surface area contributed by atoms with Gasteiger partial charge in [0.25, 0.3) is 0 Å². The maximum absolute atomic E-state index is 11.8. The van der Waals surface area contributed by atoms with Crippen molar-refractivity contribution >= 4 is 16.9 Å². The van der Waals surface area contributed by atoms with Crippen LogP contribution in [0.5, 0.6) is 5.75 Å². The standard InChI is InChI=1S/C18H22O5/c1-5-6-7-13-10-16(19)23-17-11(2)15(9-8-14(13)17)22-12(3)18(20)21-4/h8-10,12H,5-7H2,1-4H3/t12-/m0/s1. The van der Waals surface area contributed by atoms with Gasteiger partial charge in [-0.1, -0.05) is 13.3 Å². The average Bonchev–Trinajstić information content (AvgIpc) is 2.54. The summed E-state index contributed by atoms with van der Waals surface area (Å²) in [4.78, 5) is 23.3. The van der Waals surface area contributed by atoms with Gasteiger partial charge in [0.1, 0.15) is 11.3 Å². The van der Waals surface area contributed by atoms with Crippen molar-refractivity contribution in [2.45, 2.75) is 46.1 Å². The number of benzene rings is 1. The molecule has 0 saturated heterocycles. The maximum atomic E-state index is 11.8. The molecule has 5 heteroatoms. The fraction of sp³-hybridized carbons (Fsp3) is 0.444. The van der Waals surface area contributed by atoms with Crippen LogP contribution < -0.4 is 10.4 Å². The lowest BCUT2D eigenvalue weighted by atomic mass is 10.0. The molecule has 124 valence electrons. The van der Waals surface area contributed by atoms with Crippen LogP contribution in [0.3, 0.4) is 0 Å². The summed E-state index contributed by atoms with van der Waals surface area (Å²) in [6, 6.07) is 5.22. The SMILES string of the molecule is CCCCc1cc(=O)oc2c(C)c(O[C@@H](C)C(=O)OC)ccc12. The van der Waals surface area contributed by atoms with Crippen LogP contribution in [0.25, 0.3) is 11.0 Å². The molecule has 2 rings (SSSR count). The number of unbranched alkanes of at least 4 members (excludes halogenated alkanes) is 1. The number of aryl methyl sites for hydroxylation is 2. The molecule has 1 atom stereocenters. The van der Waals surface area contributed by atoms with Crippen molar-refractivity contribution in [2.24, 2.45) is 0 Å². The van der Waals surface area contributed by atoms with Gasteiger partial charge in [0.15, 0.2) is 6.10 Å². The number of esters is 1. The van der Waals surface area contributed by atoms with Crippen LogP contribution in [-0.2, 0) is 16.0 Å². The molecule has 0 spiro atoms. The number of fused-ring (bicyclic) bond motifs is 1. The third-order valence-electron chi connectivity index (χ3n) is 3.83. The molecule has 1 heterocycles. The highest BCUT2D eigenvalue weighted by Gasteiger charge is 2.18. The van der Waals surface area contributed by atoms with E-state index in [9.17, 15) is 9.59 Å². The van der Waals surface area contributed by atoms with Crippen molar-refractivity contribution in [3.63, 3.8) is 0 Å². The molecule has 0 fully saturated rings. The number of carbonyl (C=O) groups is 1. The van der Waals surface area contributed by atoms with Crippen LogP contribution in [0.15, 0.2) is 27.4 Å². The summed E-state index contributed by atoms with van der Waals surface area (Å²) in [7, 11) is 1.31. The molecule has 2 aromatic rings. The normalized spacial score (nSPS) is 12.2. The Morgan fingerprint density at radius 2 is 2.09 bits per heavy atom. The Labute approximate surface area is 135 Å². The van der Waals surface area contributed by atoms with E-state index in [1.165, 1.54) is 7.11 Å². The van der Waals surface area contributed by atoms with Crippen LogP contribution in [0, 0.1) is 6.92 Å². The van der Waals surface area contributed by atoms with E-state index in [1.54, 1.807) is 19.1 Å². The molecule has 0 amide bonds. The first-order chi connectivity index (χ1) is 11.0. The number of rotatable bonds is 6. The van der Waals surface area contributed by atoms with Gasteiger partial charge < -0.3 is 13.9 Å². The maximum Gasteiger partial charge on any atom is 0.346 e. The van der Waals surface area contributed by atoms with Crippen molar-refractivity contribution in [1.82, 2.24) is 0 Å². The molecular formula is C18H22O5. The predicted octanol–water partition coefficient (Wildman–Crippen LogP) is 3.38. The molecule has 0 aliphatic carbocycles. The third-order valence-corrected chi connectivity index (χ3v) is 3.83. The van der Waals surface area contributed by atoms with E-state index in [1.807, 2.05) is 13.0 Å². The Morgan fingerprint density at radius 1 is 1.35 bits per heavy atom. The third kappa shape index (κ3) is 3.73. The van der Waals surface area contributed by atoms with Crippen LogP contribution >= 0.6 is 0 Å². The van der Waals surface area contributed by atoms with Crippen molar-refractivity contribution in [3.05, 3.63) is 39.7 Å². The summed E-state index contributed by atoms with van der Waals surface area (Å²) in [5.41, 5.74) is 1.82. The van der Waals surface area contributed by atoms with Gasteiger partial charge in [0.05, 0.1) is 7.11 Å². The Hall–Kier alpha value is -2.30. The van der Waals surface area contributed by atoms with E-state index in [0.29, 0.717) is 16.9 Å². The first-order valence-corrected chi connectivity index (χ1v) is 7.78. The van der Waals surface area contributed by atoms with E-state index in [-0.39, 0.29) is 5.63 Å². The minimum atomic E-state index is -0.730. The zero-order valence-corrected chi connectivity index (χ0v) is 14.0. The fourth-order valence-corrected chi connectivity index (χ4v) is 2.51. The Balaban J connectivity index is 2.46. The summed E-state index contributed by atoms with van der Waals surface area (Å²) < 4.78 is 15.7. The van der Waals surface area contributed by atoms with Crippen molar-refractivity contribution in [3.8, 4) is 5.75 Å². The molecule has 23 heavy (non-hydrogen) atoms. The number of hydrogen-bond acceptors (Lipinski definition) is 5. The first-order valence-electron chi connectivity index (χ1n) is 7.78. The molecule has 0 aliphatic rings. The minimum Gasteiger partial charge on any atom is -0.479 e. The highest BCUT2D eigenvalue weighted by molar-refractivity contribution is 5.85. The molecule has 0 radical (unpaired) electrons. The second-order valence-corrected chi connectivity index (χ2v) is 5.54. The lowest BCUT2D eigenvalue weighted by Gasteiger charge is -2.15. The molecular weight excluding hydrogens is 296 g/mol. The summed E-state index contributed by atoms with van der Waals surface area (Å²) in [5, 5.41) is 0.911. The van der Waals surface area contributed by atoms with E-state index in [0.717, 1.165) is 30.2 Å². The second-order valence-electron chi connectivity index (χ2n) is 5.54. The number of methoxy groups -OCH3 is 1. The van der Waals surface area contributed by atoms with E-state index in [4.69, 9.17) is 9.15 Å². The molecule has 0 saturated carbocycles. The first kappa shape index (κ1) is 17.1.